The van der Waals surface area contributed by atoms with Crippen molar-refractivity contribution in [1.82, 2.24) is 4.98 Å². The van der Waals surface area contributed by atoms with Crippen LogP contribution in [0.2, 0.25) is 5.02 Å². The van der Waals surface area contributed by atoms with Crippen LogP contribution in [-0.2, 0) is 23.4 Å². The van der Waals surface area contributed by atoms with Crippen molar-refractivity contribution in [2.24, 2.45) is 5.92 Å². The van der Waals surface area contributed by atoms with E-state index in [0.29, 0.717) is 23.8 Å². The molecule has 5 nitrogen and oxygen atoms in total. The standard InChI is InChI=1S/C34H36ClNO4S/c1-4-8-26(33(37)38)22-41-32(18-15-23-9-5-6-12-30(23)34(2,3)39)25-10-7-11-29(19-25)40-21-28-17-14-24-13-16-27(35)20-31(24)36-28/h4-7,9-14,16-17,19-20,26,32,39H,1,8,15,18,21-22H2,2-3H3,(H,37,38). The van der Waals surface area contributed by atoms with Crippen molar-refractivity contribution < 1.29 is 19.7 Å². The lowest BCUT2D eigenvalue weighted by atomic mass is 9.90. The zero-order valence-electron chi connectivity index (χ0n) is 23.4. The number of fused-ring (bicyclic) bond motifs is 1. The summed E-state index contributed by atoms with van der Waals surface area (Å²) in [6, 6.07) is 25.5. The molecule has 2 unspecified atom stereocenters. The first-order valence-corrected chi connectivity index (χ1v) is 15.1. The number of ether oxygens (including phenoxy) is 1. The molecule has 3 aromatic carbocycles. The molecular formula is C34H36ClNO4S. The second-order valence-corrected chi connectivity index (χ2v) is 12.3. The highest BCUT2D eigenvalue weighted by Crippen LogP contribution is 2.37. The number of hydrogen-bond acceptors (Lipinski definition) is 5. The first-order valence-electron chi connectivity index (χ1n) is 13.7. The topological polar surface area (TPSA) is 79.7 Å². The monoisotopic (exact) mass is 589 g/mol. The Balaban J connectivity index is 1.53. The van der Waals surface area contributed by atoms with Gasteiger partial charge in [-0.05, 0) is 80.1 Å². The van der Waals surface area contributed by atoms with Gasteiger partial charge in [0.25, 0.3) is 0 Å². The number of aliphatic hydroxyl groups is 1. The molecule has 1 heterocycles. The largest absolute Gasteiger partial charge is 0.487 e. The summed E-state index contributed by atoms with van der Waals surface area (Å²) in [6.45, 7) is 7.63. The Morgan fingerprint density at radius 1 is 1.10 bits per heavy atom. The Morgan fingerprint density at radius 3 is 2.63 bits per heavy atom. The normalized spacial score (nSPS) is 13.1. The number of halogens is 1. The fourth-order valence-corrected chi connectivity index (χ4v) is 6.35. The molecule has 4 aromatic rings. The Labute approximate surface area is 251 Å². The van der Waals surface area contributed by atoms with Crippen LogP contribution in [0.25, 0.3) is 10.9 Å². The molecule has 4 rings (SSSR count). The van der Waals surface area contributed by atoms with Gasteiger partial charge in [-0.3, -0.25) is 4.79 Å². The van der Waals surface area contributed by atoms with Crippen molar-refractivity contribution in [1.29, 1.82) is 0 Å². The van der Waals surface area contributed by atoms with Crippen LogP contribution < -0.4 is 4.74 Å². The van der Waals surface area contributed by atoms with E-state index in [2.05, 4.69) is 23.7 Å². The van der Waals surface area contributed by atoms with Crippen molar-refractivity contribution in [3.8, 4) is 5.75 Å². The first-order chi connectivity index (χ1) is 19.6. The van der Waals surface area contributed by atoms with Gasteiger partial charge in [-0.2, -0.15) is 11.8 Å². The number of carboxylic acid groups (broad SMARTS) is 1. The third-order valence-corrected chi connectivity index (χ3v) is 8.72. The number of benzene rings is 3. The highest BCUT2D eigenvalue weighted by Gasteiger charge is 2.23. The Kier molecular flexibility index (Phi) is 10.5. The van der Waals surface area contributed by atoms with Crippen LogP contribution in [0.3, 0.4) is 0 Å². The van der Waals surface area contributed by atoms with Crippen LogP contribution in [0.4, 0.5) is 0 Å². The maximum atomic E-state index is 11.8. The third kappa shape index (κ3) is 8.59. The minimum Gasteiger partial charge on any atom is -0.487 e. The number of hydrogen-bond donors (Lipinski definition) is 2. The minimum atomic E-state index is -0.951. The van der Waals surface area contributed by atoms with E-state index >= 15 is 0 Å². The molecule has 0 aliphatic heterocycles. The zero-order chi connectivity index (χ0) is 29.4. The molecule has 0 aliphatic carbocycles. The molecule has 7 heteroatoms. The maximum absolute atomic E-state index is 11.8. The van der Waals surface area contributed by atoms with Gasteiger partial charge < -0.3 is 14.9 Å². The van der Waals surface area contributed by atoms with E-state index in [4.69, 9.17) is 16.3 Å². The van der Waals surface area contributed by atoms with Crippen molar-refractivity contribution >= 4 is 40.2 Å². The third-order valence-electron chi connectivity index (χ3n) is 6.98. The lowest BCUT2D eigenvalue weighted by Gasteiger charge is -2.24. The Bertz CT molecular complexity index is 1500. The van der Waals surface area contributed by atoms with E-state index in [1.807, 2.05) is 66.7 Å². The van der Waals surface area contributed by atoms with Crippen molar-refractivity contribution in [3.05, 3.63) is 119 Å². The fraction of sp³-hybridized carbons (Fsp3) is 0.294. The maximum Gasteiger partial charge on any atom is 0.307 e. The van der Waals surface area contributed by atoms with Crippen LogP contribution in [0.1, 0.15) is 54.3 Å². The highest BCUT2D eigenvalue weighted by atomic mass is 35.5. The molecule has 0 saturated carbocycles. The number of thioether (sulfide) groups is 1. The fourth-order valence-electron chi connectivity index (χ4n) is 4.82. The van der Waals surface area contributed by atoms with E-state index in [1.165, 1.54) is 0 Å². The average Bonchev–Trinajstić information content (AvgIpc) is 2.95. The van der Waals surface area contributed by atoms with Gasteiger partial charge in [0.2, 0.25) is 0 Å². The Morgan fingerprint density at radius 2 is 1.88 bits per heavy atom. The van der Waals surface area contributed by atoms with Crippen LogP contribution >= 0.6 is 23.4 Å². The van der Waals surface area contributed by atoms with Crippen LogP contribution in [0.5, 0.6) is 5.75 Å². The summed E-state index contributed by atoms with van der Waals surface area (Å²) in [5, 5.41) is 22.1. The number of rotatable bonds is 14. The summed E-state index contributed by atoms with van der Waals surface area (Å²) in [6.07, 6.45) is 3.60. The molecule has 2 atom stereocenters. The van der Waals surface area contributed by atoms with E-state index in [-0.39, 0.29) is 5.25 Å². The smallest absolute Gasteiger partial charge is 0.307 e. The van der Waals surface area contributed by atoms with E-state index in [0.717, 1.165) is 51.9 Å². The summed E-state index contributed by atoms with van der Waals surface area (Å²) in [5.74, 6) is -0.132. The van der Waals surface area contributed by atoms with Crippen LogP contribution in [0.15, 0.2) is 91.5 Å². The predicted molar refractivity (Wildman–Crippen MR) is 169 cm³/mol. The number of allylic oxidation sites excluding steroid dienone is 1. The van der Waals surface area contributed by atoms with Gasteiger partial charge >= 0.3 is 5.97 Å². The highest BCUT2D eigenvalue weighted by molar-refractivity contribution is 7.99. The number of aryl methyl sites for hydroxylation is 1. The number of carbonyl (C=O) groups is 1. The number of aromatic nitrogens is 1. The molecule has 0 spiro atoms. The number of pyridine rings is 1. The van der Waals surface area contributed by atoms with Gasteiger partial charge in [0.05, 0.1) is 22.7 Å². The number of carboxylic acids is 1. The molecular weight excluding hydrogens is 554 g/mol. The van der Waals surface area contributed by atoms with Crippen molar-refractivity contribution in [2.75, 3.05) is 5.75 Å². The van der Waals surface area contributed by atoms with E-state index in [9.17, 15) is 15.0 Å². The van der Waals surface area contributed by atoms with Gasteiger partial charge in [-0.15, -0.1) is 6.58 Å². The van der Waals surface area contributed by atoms with Gasteiger partial charge in [0.1, 0.15) is 12.4 Å². The predicted octanol–water partition coefficient (Wildman–Crippen LogP) is 8.38. The second-order valence-electron chi connectivity index (χ2n) is 10.6. The summed E-state index contributed by atoms with van der Waals surface area (Å²) in [4.78, 5) is 16.5. The molecule has 0 radical (unpaired) electrons. The van der Waals surface area contributed by atoms with Crippen LogP contribution in [0, 0.1) is 5.92 Å². The molecule has 0 aliphatic rings. The lowest BCUT2D eigenvalue weighted by molar-refractivity contribution is -0.140. The molecule has 0 fully saturated rings. The lowest BCUT2D eigenvalue weighted by Crippen LogP contribution is -2.18. The molecule has 41 heavy (non-hydrogen) atoms. The summed E-state index contributed by atoms with van der Waals surface area (Å²) >= 11 is 7.78. The quantitative estimate of drug-likeness (QED) is 0.144. The second kappa shape index (κ2) is 14.0. The summed E-state index contributed by atoms with van der Waals surface area (Å²) in [5.41, 5.74) is 3.72. The van der Waals surface area contributed by atoms with Gasteiger partial charge in [-0.25, -0.2) is 4.98 Å². The minimum absolute atomic E-state index is 0.0287. The SMILES string of the molecule is C=CCC(CSC(CCc1ccccc1C(C)(C)O)c1cccc(OCc2ccc3ccc(Cl)cc3n2)c1)C(=O)O. The van der Waals surface area contributed by atoms with Crippen LogP contribution in [-0.4, -0.2) is 26.9 Å². The summed E-state index contributed by atoms with van der Waals surface area (Å²) in [7, 11) is 0. The molecule has 214 valence electrons. The molecule has 0 bridgehead atoms. The van der Waals surface area contributed by atoms with Gasteiger partial charge in [0, 0.05) is 21.4 Å². The molecule has 2 N–H and O–H groups in total. The van der Waals surface area contributed by atoms with Crippen molar-refractivity contribution in [2.45, 2.75) is 50.6 Å². The molecule has 0 saturated heterocycles. The Hall–Kier alpha value is -3.32. The molecule has 0 amide bonds. The van der Waals surface area contributed by atoms with Gasteiger partial charge in [-0.1, -0.05) is 66.2 Å². The average molecular weight is 590 g/mol. The van der Waals surface area contributed by atoms with E-state index in [1.54, 1.807) is 31.7 Å². The zero-order valence-corrected chi connectivity index (χ0v) is 25.0. The van der Waals surface area contributed by atoms with Gasteiger partial charge in [0.15, 0.2) is 0 Å². The first kappa shape index (κ1) is 30.6. The van der Waals surface area contributed by atoms with E-state index < -0.39 is 17.5 Å². The number of aliphatic carboxylic acids is 1. The molecule has 1 aromatic heterocycles. The van der Waals surface area contributed by atoms with Crippen molar-refractivity contribution in [3.63, 3.8) is 0 Å². The number of nitrogens with zero attached hydrogens (tertiary/aromatic N) is 1. The summed E-state index contributed by atoms with van der Waals surface area (Å²) < 4.78 is 6.15.